The summed E-state index contributed by atoms with van der Waals surface area (Å²) in [4.78, 5) is 0. The molecule has 0 saturated carbocycles. The van der Waals surface area contributed by atoms with E-state index in [4.69, 9.17) is 11.6 Å². The van der Waals surface area contributed by atoms with Gasteiger partial charge in [0.1, 0.15) is 0 Å². The Balaban J connectivity index is 1.95. The number of anilines is 2. The van der Waals surface area contributed by atoms with Crippen LogP contribution in [0.1, 0.15) is 12.0 Å². The maximum absolute atomic E-state index is 12.6. The maximum Gasteiger partial charge on any atom is 0.324 e. The Hall–Kier alpha value is -1.72. The van der Waals surface area contributed by atoms with E-state index >= 15 is 0 Å². The molecule has 110 valence electrons. The van der Waals surface area contributed by atoms with Crippen LogP contribution in [0.2, 0.25) is 5.02 Å². The van der Waals surface area contributed by atoms with E-state index in [-0.39, 0.29) is 0 Å². The van der Waals surface area contributed by atoms with Crippen LogP contribution in [0.25, 0.3) is 0 Å². The van der Waals surface area contributed by atoms with Crippen LogP contribution in [0.15, 0.2) is 48.5 Å². The first-order valence-electron chi connectivity index (χ1n) is 6.71. The van der Waals surface area contributed by atoms with Crippen molar-refractivity contribution in [1.82, 2.24) is 0 Å². The lowest BCUT2D eigenvalue weighted by Crippen LogP contribution is -2.39. The highest BCUT2D eigenvalue weighted by Crippen LogP contribution is 2.30. The van der Waals surface area contributed by atoms with Crippen molar-refractivity contribution in [2.45, 2.75) is 12.8 Å². The number of benzene rings is 2. The Kier molecular flexibility index (Phi) is 3.78. The van der Waals surface area contributed by atoms with Crippen LogP contribution in [0.5, 0.6) is 0 Å². The second kappa shape index (κ2) is 5.58. The molecule has 0 atom stereocenters. The summed E-state index contributed by atoms with van der Waals surface area (Å²) < 4.78 is 29.2. The number of rotatable bonds is 3. The predicted molar refractivity (Wildman–Crippen MR) is 86.1 cm³/mol. The molecule has 0 saturated heterocycles. The van der Waals surface area contributed by atoms with E-state index in [1.54, 1.807) is 24.3 Å². The van der Waals surface area contributed by atoms with Gasteiger partial charge in [0.2, 0.25) is 0 Å². The molecule has 0 spiro atoms. The molecule has 0 bridgehead atoms. The highest BCUT2D eigenvalue weighted by Gasteiger charge is 2.27. The predicted octanol–water partition coefficient (Wildman–Crippen LogP) is 3.45. The van der Waals surface area contributed by atoms with E-state index in [0.29, 0.717) is 17.3 Å². The van der Waals surface area contributed by atoms with E-state index in [1.807, 2.05) is 24.3 Å². The van der Waals surface area contributed by atoms with Crippen LogP contribution in [0.3, 0.4) is 0 Å². The first kappa shape index (κ1) is 14.2. The third-order valence-corrected chi connectivity index (χ3v) is 5.24. The lowest BCUT2D eigenvalue weighted by molar-refractivity contribution is 0.592. The minimum absolute atomic E-state index is 0.381. The van der Waals surface area contributed by atoms with Gasteiger partial charge < -0.3 is 0 Å². The van der Waals surface area contributed by atoms with Gasteiger partial charge in [-0.3, -0.25) is 9.03 Å². The number of hydrogen-bond donors (Lipinski definition) is 1. The molecule has 0 radical (unpaired) electrons. The van der Waals surface area contributed by atoms with Gasteiger partial charge in [-0.25, -0.2) is 0 Å². The van der Waals surface area contributed by atoms with Gasteiger partial charge in [0.15, 0.2) is 0 Å². The second-order valence-electron chi connectivity index (χ2n) is 4.89. The zero-order chi connectivity index (χ0) is 14.9. The molecule has 4 nitrogen and oxygen atoms in total. The fourth-order valence-electron chi connectivity index (χ4n) is 2.49. The van der Waals surface area contributed by atoms with Crippen molar-refractivity contribution in [2.75, 3.05) is 15.6 Å². The van der Waals surface area contributed by atoms with Gasteiger partial charge in [-0.05, 0) is 36.6 Å². The van der Waals surface area contributed by atoms with Crippen LogP contribution in [-0.2, 0) is 16.6 Å². The van der Waals surface area contributed by atoms with E-state index in [2.05, 4.69) is 4.72 Å². The van der Waals surface area contributed by atoms with Gasteiger partial charge in [0.25, 0.3) is 0 Å². The summed E-state index contributed by atoms with van der Waals surface area (Å²) in [6.07, 6.45) is 1.70. The van der Waals surface area contributed by atoms with Gasteiger partial charge in [0, 0.05) is 6.54 Å². The molecule has 1 N–H and O–H groups in total. The van der Waals surface area contributed by atoms with E-state index in [0.717, 1.165) is 24.1 Å². The lowest BCUT2D eigenvalue weighted by atomic mass is 10.0. The highest BCUT2D eigenvalue weighted by atomic mass is 35.5. The van der Waals surface area contributed by atoms with Crippen molar-refractivity contribution in [3.63, 3.8) is 0 Å². The largest absolute Gasteiger partial charge is 0.324 e. The number of fused-ring (bicyclic) bond motifs is 1. The summed E-state index contributed by atoms with van der Waals surface area (Å²) in [5.41, 5.74) is 2.18. The minimum atomic E-state index is -3.67. The number of para-hydroxylation sites is 2. The number of aryl methyl sites for hydroxylation is 1. The average molecular weight is 323 g/mol. The summed E-state index contributed by atoms with van der Waals surface area (Å²) in [6.45, 7) is 0.469. The van der Waals surface area contributed by atoms with Gasteiger partial charge in [-0.15, -0.1) is 0 Å². The molecular formula is C15H15ClN2O2S. The zero-order valence-corrected chi connectivity index (χ0v) is 12.9. The Morgan fingerprint density at radius 1 is 1.05 bits per heavy atom. The molecule has 0 fully saturated rings. The number of nitrogens with zero attached hydrogens (tertiary/aromatic N) is 1. The molecule has 1 heterocycles. The standard InChI is InChI=1S/C15H15ClN2O2S/c16-13-8-2-3-9-14(13)17-21(19,20)18-11-5-7-12-6-1-4-10-15(12)18/h1-4,6,8-10,17H,5,7,11H2. The zero-order valence-electron chi connectivity index (χ0n) is 11.3. The fourth-order valence-corrected chi connectivity index (χ4v) is 4.10. The van der Waals surface area contributed by atoms with Crippen molar-refractivity contribution >= 4 is 33.2 Å². The topological polar surface area (TPSA) is 49.4 Å². The normalized spacial score (nSPS) is 14.6. The molecule has 6 heteroatoms. The average Bonchev–Trinajstić information content (AvgIpc) is 2.49. The van der Waals surface area contributed by atoms with Crippen molar-refractivity contribution in [1.29, 1.82) is 0 Å². The van der Waals surface area contributed by atoms with Crippen LogP contribution < -0.4 is 9.03 Å². The third kappa shape index (κ3) is 2.84. The molecule has 0 amide bonds. The number of hydrogen-bond acceptors (Lipinski definition) is 2. The van der Waals surface area contributed by atoms with Crippen LogP contribution in [0, 0.1) is 0 Å². The third-order valence-electron chi connectivity index (χ3n) is 3.47. The monoisotopic (exact) mass is 322 g/mol. The Morgan fingerprint density at radius 3 is 2.57 bits per heavy atom. The first-order chi connectivity index (χ1) is 10.1. The SMILES string of the molecule is O=S(=O)(Nc1ccccc1Cl)N1CCCc2ccccc21. The molecule has 1 aliphatic heterocycles. The molecule has 21 heavy (non-hydrogen) atoms. The second-order valence-corrected chi connectivity index (χ2v) is 6.89. The fraction of sp³-hybridized carbons (Fsp3) is 0.200. The summed E-state index contributed by atoms with van der Waals surface area (Å²) >= 11 is 6.02. The van der Waals surface area contributed by atoms with E-state index < -0.39 is 10.2 Å². The van der Waals surface area contributed by atoms with Crippen LogP contribution in [-0.4, -0.2) is 15.0 Å². The Bertz CT molecular complexity index is 762. The molecule has 0 aliphatic carbocycles. The molecular weight excluding hydrogens is 308 g/mol. The van der Waals surface area contributed by atoms with Gasteiger partial charge in [-0.2, -0.15) is 8.42 Å². The van der Waals surface area contributed by atoms with Gasteiger partial charge in [0.05, 0.1) is 16.4 Å². The van der Waals surface area contributed by atoms with Crippen molar-refractivity contribution < 1.29 is 8.42 Å². The molecule has 0 aromatic heterocycles. The van der Waals surface area contributed by atoms with Crippen molar-refractivity contribution in [2.24, 2.45) is 0 Å². The van der Waals surface area contributed by atoms with Crippen molar-refractivity contribution in [3.05, 3.63) is 59.1 Å². The summed E-state index contributed by atoms with van der Waals surface area (Å²) in [6, 6.07) is 14.4. The molecule has 2 aromatic carbocycles. The highest BCUT2D eigenvalue weighted by molar-refractivity contribution is 7.94. The summed E-state index contributed by atoms with van der Waals surface area (Å²) in [5, 5.41) is 0.381. The Morgan fingerprint density at radius 2 is 1.76 bits per heavy atom. The van der Waals surface area contributed by atoms with Crippen LogP contribution >= 0.6 is 11.6 Å². The summed E-state index contributed by atoms with van der Waals surface area (Å²) in [5.74, 6) is 0. The smallest absolute Gasteiger partial charge is 0.265 e. The molecule has 0 unspecified atom stereocenters. The molecule has 3 rings (SSSR count). The first-order valence-corrected chi connectivity index (χ1v) is 8.53. The van der Waals surface area contributed by atoms with Crippen molar-refractivity contribution in [3.8, 4) is 0 Å². The minimum Gasteiger partial charge on any atom is -0.265 e. The van der Waals surface area contributed by atoms with Gasteiger partial charge >= 0.3 is 10.2 Å². The maximum atomic E-state index is 12.6. The number of nitrogens with one attached hydrogen (secondary N) is 1. The Labute approximate surface area is 129 Å². The van der Waals surface area contributed by atoms with Gasteiger partial charge in [-0.1, -0.05) is 41.9 Å². The summed E-state index contributed by atoms with van der Waals surface area (Å²) in [7, 11) is -3.67. The van der Waals surface area contributed by atoms with Crippen LogP contribution in [0.4, 0.5) is 11.4 Å². The van der Waals surface area contributed by atoms with E-state index in [1.165, 1.54) is 4.31 Å². The number of halogens is 1. The quantitative estimate of drug-likeness (QED) is 0.941. The lowest BCUT2D eigenvalue weighted by Gasteiger charge is -2.30. The molecule has 2 aromatic rings. The molecule has 1 aliphatic rings. The van der Waals surface area contributed by atoms with E-state index in [9.17, 15) is 8.42 Å².